The van der Waals surface area contributed by atoms with E-state index in [0.29, 0.717) is 6.04 Å². The Balaban J connectivity index is 1.82. The van der Waals surface area contributed by atoms with Crippen LogP contribution >= 0.6 is 0 Å². The Morgan fingerprint density at radius 3 is 2.50 bits per heavy atom. The van der Waals surface area contributed by atoms with E-state index >= 15 is 0 Å². The lowest BCUT2D eigenvalue weighted by Crippen LogP contribution is -2.23. The first-order valence-electron chi connectivity index (χ1n) is 6.18. The van der Waals surface area contributed by atoms with Crippen molar-refractivity contribution in [3.63, 3.8) is 0 Å². The second-order valence-corrected chi connectivity index (χ2v) is 4.81. The van der Waals surface area contributed by atoms with Crippen molar-refractivity contribution >= 4 is 5.69 Å². The molecule has 0 radical (unpaired) electrons. The minimum Gasteiger partial charge on any atom is -0.497 e. The van der Waals surface area contributed by atoms with Gasteiger partial charge in [-0.05, 0) is 43.5 Å². The molecule has 0 aromatic heterocycles. The predicted molar refractivity (Wildman–Crippen MR) is 68.0 cm³/mol. The zero-order valence-electron chi connectivity index (χ0n) is 10.2. The summed E-state index contributed by atoms with van der Waals surface area (Å²) in [6.45, 7) is 2.27. The van der Waals surface area contributed by atoms with Gasteiger partial charge in [-0.15, -0.1) is 0 Å². The largest absolute Gasteiger partial charge is 0.497 e. The highest BCUT2D eigenvalue weighted by Crippen LogP contribution is 2.31. The maximum Gasteiger partial charge on any atom is 0.119 e. The van der Waals surface area contributed by atoms with E-state index in [1.807, 2.05) is 12.1 Å². The molecule has 1 saturated carbocycles. The molecular weight excluding hydrogens is 198 g/mol. The number of methoxy groups -OCH3 is 1. The second kappa shape index (κ2) is 5.24. The van der Waals surface area contributed by atoms with Crippen LogP contribution in [0, 0.1) is 5.92 Å². The fourth-order valence-corrected chi connectivity index (χ4v) is 2.26. The lowest BCUT2D eigenvalue weighted by molar-refractivity contribution is 0.286. The molecule has 2 heteroatoms. The zero-order valence-corrected chi connectivity index (χ0v) is 10.2. The van der Waals surface area contributed by atoms with Gasteiger partial charge in [-0.1, -0.05) is 19.3 Å². The van der Waals surface area contributed by atoms with Crippen LogP contribution in [0.15, 0.2) is 24.3 Å². The highest BCUT2D eigenvalue weighted by molar-refractivity contribution is 5.46. The SMILES string of the molecule is COc1ccc(NC(C)CC2CCC2)cc1. The molecule has 2 nitrogen and oxygen atoms in total. The first-order chi connectivity index (χ1) is 7.78. The molecule has 1 aliphatic carbocycles. The van der Waals surface area contributed by atoms with Gasteiger partial charge < -0.3 is 10.1 Å². The topological polar surface area (TPSA) is 21.3 Å². The lowest BCUT2D eigenvalue weighted by atomic mass is 9.81. The summed E-state index contributed by atoms with van der Waals surface area (Å²) in [5.74, 6) is 1.87. The van der Waals surface area contributed by atoms with Crippen LogP contribution in [0.4, 0.5) is 5.69 Å². The number of anilines is 1. The van der Waals surface area contributed by atoms with Crippen LogP contribution in [-0.2, 0) is 0 Å². The van der Waals surface area contributed by atoms with Gasteiger partial charge >= 0.3 is 0 Å². The van der Waals surface area contributed by atoms with E-state index in [4.69, 9.17) is 4.74 Å². The molecule has 1 aromatic carbocycles. The standard InChI is InChI=1S/C14H21NO/c1-11(10-12-4-3-5-12)15-13-6-8-14(16-2)9-7-13/h6-9,11-12,15H,3-5,10H2,1-2H3. The Labute approximate surface area is 98.0 Å². The summed E-state index contributed by atoms with van der Waals surface area (Å²) in [6, 6.07) is 8.72. The first kappa shape index (κ1) is 11.3. The van der Waals surface area contributed by atoms with E-state index in [9.17, 15) is 0 Å². The van der Waals surface area contributed by atoms with Gasteiger partial charge in [-0.2, -0.15) is 0 Å². The second-order valence-electron chi connectivity index (χ2n) is 4.81. The van der Waals surface area contributed by atoms with E-state index in [0.717, 1.165) is 11.7 Å². The first-order valence-corrected chi connectivity index (χ1v) is 6.18. The molecule has 1 unspecified atom stereocenters. The maximum absolute atomic E-state index is 5.14. The van der Waals surface area contributed by atoms with Gasteiger partial charge in [0.1, 0.15) is 5.75 Å². The van der Waals surface area contributed by atoms with Crippen LogP contribution in [0.1, 0.15) is 32.6 Å². The van der Waals surface area contributed by atoms with Gasteiger partial charge in [0.2, 0.25) is 0 Å². The van der Waals surface area contributed by atoms with Gasteiger partial charge in [-0.25, -0.2) is 0 Å². The van der Waals surface area contributed by atoms with Crippen molar-refractivity contribution in [2.75, 3.05) is 12.4 Å². The van der Waals surface area contributed by atoms with Gasteiger partial charge in [0.05, 0.1) is 7.11 Å². The third kappa shape index (κ3) is 2.91. The molecule has 0 amide bonds. The minimum atomic E-state index is 0.568. The van der Waals surface area contributed by atoms with Crippen molar-refractivity contribution in [2.45, 2.75) is 38.6 Å². The Bertz CT molecular complexity index is 316. The molecule has 2 rings (SSSR count). The average molecular weight is 219 g/mol. The summed E-state index contributed by atoms with van der Waals surface area (Å²) in [5, 5.41) is 3.54. The summed E-state index contributed by atoms with van der Waals surface area (Å²) in [7, 11) is 1.70. The van der Waals surface area contributed by atoms with Crippen LogP contribution in [0.5, 0.6) is 5.75 Å². The molecular formula is C14H21NO. The van der Waals surface area contributed by atoms with Crippen LogP contribution in [0.3, 0.4) is 0 Å². The molecule has 0 heterocycles. The number of hydrogen-bond acceptors (Lipinski definition) is 2. The third-order valence-corrected chi connectivity index (χ3v) is 3.41. The Kier molecular flexibility index (Phi) is 3.70. The van der Waals surface area contributed by atoms with Crippen molar-refractivity contribution in [2.24, 2.45) is 5.92 Å². The van der Waals surface area contributed by atoms with Gasteiger partial charge in [0.25, 0.3) is 0 Å². The van der Waals surface area contributed by atoms with Crippen LogP contribution in [0.2, 0.25) is 0 Å². The smallest absolute Gasteiger partial charge is 0.119 e. The van der Waals surface area contributed by atoms with Gasteiger partial charge in [0.15, 0.2) is 0 Å². The zero-order chi connectivity index (χ0) is 11.4. The van der Waals surface area contributed by atoms with Crippen LogP contribution < -0.4 is 10.1 Å². The predicted octanol–water partition coefficient (Wildman–Crippen LogP) is 3.69. The summed E-state index contributed by atoms with van der Waals surface area (Å²) >= 11 is 0. The molecule has 1 aromatic rings. The summed E-state index contributed by atoms with van der Waals surface area (Å²) in [4.78, 5) is 0. The molecule has 16 heavy (non-hydrogen) atoms. The fraction of sp³-hybridized carbons (Fsp3) is 0.571. The molecule has 1 fully saturated rings. The molecule has 88 valence electrons. The number of hydrogen-bond donors (Lipinski definition) is 1. The number of nitrogens with one attached hydrogen (secondary N) is 1. The number of rotatable bonds is 5. The summed E-state index contributed by atoms with van der Waals surface area (Å²) in [6.07, 6.45) is 5.58. The van der Waals surface area contributed by atoms with Gasteiger partial charge in [-0.3, -0.25) is 0 Å². The van der Waals surface area contributed by atoms with E-state index in [-0.39, 0.29) is 0 Å². The van der Waals surface area contributed by atoms with Crippen molar-refractivity contribution in [3.05, 3.63) is 24.3 Å². The minimum absolute atomic E-state index is 0.568. The van der Waals surface area contributed by atoms with E-state index in [2.05, 4.69) is 24.4 Å². The molecule has 0 bridgehead atoms. The van der Waals surface area contributed by atoms with E-state index in [1.54, 1.807) is 7.11 Å². The van der Waals surface area contributed by atoms with Crippen LogP contribution in [0.25, 0.3) is 0 Å². The average Bonchev–Trinajstić information content (AvgIpc) is 2.25. The molecule has 0 aliphatic heterocycles. The molecule has 1 aliphatic rings. The number of ether oxygens (including phenoxy) is 1. The quantitative estimate of drug-likeness (QED) is 0.815. The van der Waals surface area contributed by atoms with Crippen LogP contribution in [-0.4, -0.2) is 13.2 Å². The molecule has 0 spiro atoms. The Hall–Kier alpha value is -1.18. The maximum atomic E-state index is 5.14. The molecule has 0 saturated heterocycles. The van der Waals surface area contributed by atoms with Crippen molar-refractivity contribution < 1.29 is 4.74 Å². The molecule has 1 N–H and O–H groups in total. The van der Waals surface area contributed by atoms with E-state index in [1.165, 1.54) is 31.4 Å². The van der Waals surface area contributed by atoms with Gasteiger partial charge in [0, 0.05) is 11.7 Å². The number of benzene rings is 1. The lowest BCUT2D eigenvalue weighted by Gasteiger charge is -2.28. The Morgan fingerprint density at radius 1 is 1.31 bits per heavy atom. The van der Waals surface area contributed by atoms with E-state index < -0.39 is 0 Å². The highest BCUT2D eigenvalue weighted by atomic mass is 16.5. The van der Waals surface area contributed by atoms with Crippen molar-refractivity contribution in [1.29, 1.82) is 0 Å². The monoisotopic (exact) mass is 219 g/mol. The highest BCUT2D eigenvalue weighted by Gasteiger charge is 2.19. The summed E-state index contributed by atoms with van der Waals surface area (Å²) < 4.78 is 5.14. The van der Waals surface area contributed by atoms with Crippen molar-refractivity contribution in [3.8, 4) is 5.75 Å². The third-order valence-electron chi connectivity index (χ3n) is 3.41. The summed E-state index contributed by atoms with van der Waals surface area (Å²) in [5.41, 5.74) is 1.19. The fourth-order valence-electron chi connectivity index (χ4n) is 2.26. The Morgan fingerprint density at radius 2 is 2.00 bits per heavy atom. The normalized spacial score (nSPS) is 17.6. The molecule has 1 atom stereocenters. The van der Waals surface area contributed by atoms with Crippen molar-refractivity contribution in [1.82, 2.24) is 0 Å².